The number of aromatic nitrogens is 3. The van der Waals surface area contributed by atoms with Crippen molar-refractivity contribution in [3.05, 3.63) is 82.7 Å². The quantitative estimate of drug-likeness (QED) is 0.466. The Morgan fingerprint density at radius 2 is 1.84 bits per heavy atom. The van der Waals surface area contributed by atoms with E-state index >= 15 is 0 Å². The van der Waals surface area contributed by atoms with E-state index in [0.29, 0.717) is 11.5 Å². The van der Waals surface area contributed by atoms with Gasteiger partial charge in [-0.1, -0.05) is 41.4 Å². The fraction of sp³-hybridized carbons (Fsp3) is 0.0909. The highest BCUT2D eigenvalue weighted by Gasteiger charge is 2.19. The summed E-state index contributed by atoms with van der Waals surface area (Å²) in [5, 5.41) is 5.82. The van der Waals surface area contributed by atoms with E-state index in [4.69, 9.17) is 23.2 Å². The number of nitrogens with zero attached hydrogens (tertiary/aromatic N) is 3. The molecule has 0 spiro atoms. The zero-order chi connectivity index (χ0) is 22.0. The zero-order valence-electron chi connectivity index (χ0n) is 16.3. The number of imidazole rings is 1. The van der Waals surface area contributed by atoms with E-state index in [1.165, 1.54) is 0 Å². The summed E-state index contributed by atoms with van der Waals surface area (Å²) in [5.41, 5.74) is 2.47. The lowest BCUT2D eigenvalue weighted by Gasteiger charge is -2.15. The molecule has 31 heavy (non-hydrogen) atoms. The molecule has 2 aromatic carbocycles. The van der Waals surface area contributed by atoms with Gasteiger partial charge in [0, 0.05) is 29.8 Å². The summed E-state index contributed by atoms with van der Waals surface area (Å²) in [6.07, 6.45) is 5.44. The van der Waals surface area contributed by atoms with Crippen LogP contribution in [0.2, 0.25) is 10.0 Å². The molecule has 4 aromatic rings. The van der Waals surface area contributed by atoms with Crippen LogP contribution in [0.25, 0.3) is 17.0 Å². The number of amides is 2. The summed E-state index contributed by atoms with van der Waals surface area (Å²) in [5.74, 6) is -0.235. The summed E-state index contributed by atoms with van der Waals surface area (Å²) in [6.45, 7) is 1.59. The number of carbonyl (C=O) groups excluding carboxylic acids is 2. The molecule has 0 saturated carbocycles. The molecule has 0 saturated heterocycles. The molecular weight excluding hydrogens is 437 g/mol. The SMILES string of the molecule is CC(NC(=O)c1cccc(Cl)c1Cl)C(=O)Nc1ccc(-c2cn3cccnc3n2)cc1. The number of hydrogen-bond acceptors (Lipinski definition) is 4. The minimum absolute atomic E-state index is 0.145. The molecule has 156 valence electrons. The zero-order valence-corrected chi connectivity index (χ0v) is 17.9. The van der Waals surface area contributed by atoms with Gasteiger partial charge in [0.1, 0.15) is 6.04 Å². The first kappa shape index (κ1) is 20.8. The predicted molar refractivity (Wildman–Crippen MR) is 120 cm³/mol. The third kappa shape index (κ3) is 4.52. The lowest BCUT2D eigenvalue weighted by Crippen LogP contribution is -2.41. The van der Waals surface area contributed by atoms with E-state index in [2.05, 4.69) is 20.6 Å². The van der Waals surface area contributed by atoms with Gasteiger partial charge >= 0.3 is 0 Å². The number of nitrogens with one attached hydrogen (secondary N) is 2. The molecule has 2 aromatic heterocycles. The maximum absolute atomic E-state index is 12.5. The minimum atomic E-state index is -0.785. The summed E-state index contributed by atoms with van der Waals surface area (Å²) in [6, 6.07) is 13.0. The molecule has 7 nitrogen and oxygen atoms in total. The van der Waals surface area contributed by atoms with Crippen molar-refractivity contribution in [2.45, 2.75) is 13.0 Å². The highest BCUT2D eigenvalue weighted by molar-refractivity contribution is 6.43. The molecule has 0 aliphatic rings. The van der Waals surface area contributed by atoms with Gasteiger partial charge < -0.3 is 10.6 Å². The van der Waals surface area contributed by atoms with E-state index in [0.717, 1.165) is 11.3 Å². The predicted octanol–water partition coefficient (Wildman–Crippen LogP) is 4.46. The molecule has 0 radical (unpaired) electrons. The van der Waals surface area contributed by atoms with E-state index in [1.54, 1.807) is 43.5 Å². The van der Waals surface area contributed by atoms with E-state index in [1.807, 2.05) is 35.0 Å². The van der Waals surface area contributed by atoms with Crippen LogP contribution in [-0.4, -0.2) is 32.2 Å². The van der Waals surface area contributed by atoms with Gasteiger partial charge in [0.2, 0.25) is 11.7 Å². The number of hydrogen-bond donors (Lipinski definition) is 2. The second-order valence-corrected chi connectivity index (χ2v) is 7.60. The van der Waals surface area contributed by atoms with Crippen molar-refractivity contribution >= 4 is 46.5 Å². The van der Waals surface area contributed by atoms with Gasteiger partial charge in [0.15, 0.2) is 0 Å². The molecular formula is C22H17Cl2N5O2. The minimum Gasteiger partial charge on any atom is -0.340 e. The smallest absolute Gasteiger partial charge is 0.253 e. The second kappa shape index (κ2) is 8.75. The number of halogens is 2. The Labute approximate surface area is 188 Å². The summed E-state index contributed by atoms with van der Waals surface area (Å²) in [4.78, 5) is 33.6. The largest absolute Gasteiger partial charge is 0.340 e. The molecule has 1 atom stereocenters. The Morgan fingerprint density at radius 3 is 2.58 bits per heavy atom. The Morgan fingerprint density at radius 1 is 1.06 bits per heavy atom. The Bertz CT molecular complexity index is 1240. The molecule has 1 unspecified atom stereocenters. The first-order valence-electron chi connectivity index (χ1n) is 9.38. The Balaban J connectivity index is 1.41. The summed E-state index contributed by atoms with van der Waals surface area (Å²) >= 11 is 12.0. The van der Waals surface area contributed by atoms with Gasteiger partial charge in [-0.15, -0.1) is 0 Å². The number of anilines is 1. The molecule has 0 fully saturated rings. The maximum atomic E-state index is 12.5. The van der Waals surface area contributed by atoms with Crippen LogP contribution in [0.5, 0.6) is 0 Å². The van der Waals surface area contributed by atoms with Gasteiger partial charge in [0.25, 0.3) is 5.91 Å². The lowest BCUT2D eigenvalue weighted by molar-refractivity contribution is -0.117. The number of carbonyl (C=O) groups is 2. The van der Waals surface area contributed by atoms with Crippen LogP contribution in [0.3, 0.4) is 0 Å². The average Bonchev–Trinajstić information content (AvgIpc) is 3.20. The first-order valence-corrected chi connectivity index (χ1v) is 10.1. The van der Waals surface area contributed by atoms with Crippen molar-refractivity contribution in [3.63, 3.8) is 0 Å². The maximum Gasteiger partial charge on any atom is 0.253 e. The highest BCUT2D eigenvalue weighted by atomic mass is 35.5. The second-order valence-electron chi connectivity index (χ2n) is 6.82. The highest BCUT2D eigenvalue weighted by Crippen LogP contribution is 2.25. The monoisotopic (exact) mass is 453 g/mol. The molecule has 2 heterocycles. The van der Waals surface area contributed by atoms with Gasteiger partial charge in [-0.2, -0.15) is 0 Å². The average molecular weight is 454 g/mol. The fourth-order valence-electron chi connectivity index (χ4n) is 2.96. The molecule has 4 rings (SSSR count). The molecule has 9 heteroatoms. The topological polar surface area (TPSA) is 88.4 Å². The standard InChI is InChI=1S/C22H17Cl2N5O2/c1-13(26-21(31)16-4-2-5-17(23)19(16)24)20(30)27-15-8-6-14(7-9-15)18-12-29-11-3-10-25-22(29)28-18/h2-13H,1H3,(H,26,31)(H,27,30). The molecule has 0 aliphatic heterocycles. The van der Waals surface area contributed by atoms with Crippen molar-refractivity contribution in [2.75, 3.05) is 5.32 Å². The van der Waals surface area contributed by atoms with Gasteiger partial charge in [-0.25, -0.2) is 9.97 Å². The normalized spacial score (nSPS) is 11.8. The van der Waals surface area contributed by atoms with Crippen molar-refractivity contribution in [1.29, 1.82) is 0 Å². The number of fused-ring (bicyclic) bond motifs is 1. The Kier molecular flexibility index (Phi) is 5.88. The van der Waals surface area contributed by atoms with Crippen molar-refractivity contribution in [3.8, 4) is 11.3 Å². The van der Waals surface area contributed by atoms with Crippen LogP contribution in [0.4, 0.5) is 5.69 Å². The van der Waals surface area contributed by atoms with Gasteiger partial charge in [-0.05, 0) is 37.3 Å². The van der Waals surface area contributed by atoms with E-state index in [9.17, 15) is 9.59 Å². The van der Waals surface area contributed by atoms with Crippen molar-refractivity contribution < 1.29 is 9.59 Å². The third-order valence-electron chi connectivity index (χ3n) is 4.62. The van der Waals surface area contributed by atoms with Crippen LogP contribution >= 0.6 is 23.2 Å². The number of benzene rings is 2. The van der Waals surface area contributed by atoms with Gasteiger partial charge in [0.05, 0.1) is 21.3 Å². The van der Waals surface area contributed by atoms with Crippen molar-refractivity contribution in [1.82, 2.24) is 19.7 Å². The van der Waals surface area contributed by atoms with Gasteiger partial charge in [-0.3, -0.25) is 14.0 Å². The van der Waals surface area contributed by atoms with Crippen LogP contribution in [0.15, 0.2) is 67.1 Å². The third-order valence-corrected chi connectivity index (χ3v) is 5.44. The summed E-state index contributed by atoms with van der Waals surface area (Å²) in [7, 11) is 0. The van der Waals surface area contributed by atoms with E-state index < -0.39 is 11.9 Å². The number of rotatable bonds is 5. The molecule has 2 N–H and O–H groups in total. The summed E-state index contributed by atoms with van der Waals surface area (Å²) < 4.78 is 1.83. The lowest BCUT2D eigenvalue weighted by atomic mass is 10.1. The van der Waals surface area contributed by atoms with E-state index in [-0.39, 0.29) is 21.5 Å². The Hall–Kier alpha value is -3.42. The molecule has 2 amide bonds. The molecule has 0 aliphatic carbocycles. The molecule has 0 bridgehead atoms. The van der Waals surface area contributed by atoms with Crippen LogP contribution in [0.1, 0.15) is 17.3 Å². The van der Waals surface area contributed by atoms with Crippen LogP contribution in [0, 0.1) is 0 Å². The first-order chi connectivity index (χ1) is 14.9. The fourth-order valence-corrected chi connectivity index (χ4v) is 3.35. The van der Waals surface area contributed by atoms with Crippen LogP contribution < -0.4 is 10.6 Å². The van der Waals surface area contributed by atoms with Crippen LogP contribution in [-0.2, 0) is 4.79 Å². The van der Waals surface area contributed by atoms with Crippen molar-refractivity contribution in [2.24, 2.45) is 0 Å².